The maximum Gasteiger partial charge on any atom is 0.322 e. The van der Waals surface area contributed by atoms with Crippen LogP contribution in [0.25, 0.3) is 0 Å². The molecule has 0 radical (unpaired) electrons. The summed E-state index contributed by atoms with van der Waals surface area (Å²) in [6.45, 7) is 1.25. The van der Waals surface area contributed by atoms with Crippen molar-refractivity contribution >= 4 is 17.8 Å². The van der Waals surface area contributed by atoms with Crippen molar-refractivity contribution in [2.75, 3.05) is 13.1 Å². The Labute approximate surface area is 139 Å². The lowest BCUT2D eigenvalue weighted by Gasteiger charge is -2.32. The molecule has 2 aliphatic heterocycles. The molecule has 4 amide bonds. The Balaban J connectivity index is 1.47. The summed E-state index contributed by atoms with van der Waals surface area (Å²) in [5.41, 5.74) is 0.977. The minimum atomic E-state index is -0.769. The first-order valence-corrected chi connectivity index (χ1v) is 8.15. The lowest BCUT2D eigenvalue weighted by Crippen LogP contribution is -2.42. The molecule has 2 heterocycles. The molecule has 2 fully saturated rings. The Morgan fingerprint density at radius 2 is 2.00 bits per heavy atom. The number of halogens is 1. The molecule has 1 aromatic carbocycles. The Hall–Kier alpha value is -2.44. The van der Waals surface area contributed by atoms with Crippen LogP contribution in [0.5, 0.6) is 0 Å². The van der Waals surface area contributed by atoms with E-state index in [4.69, 9.17) is 0 Å². The van der Waals surface area contributed by atoms with Crippen molar-refractivity contribution in [1.29, 1.82) is 0 Å². The van der Waals surface area contributed by atoms with Crippen LogP contribution in [0.1, 0.15) is 24.8 Å². The molecule has 0 spiro atoms. The predicted molar refractivity (Wildman–Crippen MR) is 84.5 cm³/mol. The molecule has 6 nitrogen and oxygen atoms in total. The molecular formula is C17H20FN3O3. The highest BCUT2D eigenvalue weighted by molar-refractivity contribution is 6.05. The van der Waals surface area contributed by atoms with E-state index >= 15 is 0 Å². The van der Waals surface area contributed by atoms with Crippen molar-refractivity contribution in [3.63, 3.8) is 0 Å². The van der Waals surface area contributed by atoms with Gasteiger partial charge in [0.2, 0.25) is 5.91 Å². The minimum Gasteiger partial charge on any atom is -0.343 e. The first-order valence-electron chi connectivity index (χ1n) is 8.15. The first-order chi connectivity index (χ1) is 11.5. The Morgan fingerprint density at radius 3 is 2.62 bits per heavy atom. The van der Waals surface area contributed by atoms with Crippen molar-refractivity contribution in [3.8, 4) is 0 Å². The van der Waals surface area contributed by atoms with E-state index in [9.17, 15) is 18.8 Å². The number of hydrogen-bond acceptors (Lipinski definition) is 3. The number of likely N-dealkylation sites (tertiary alicyclic amines) is 1. The van der Waals surface area contributed by atoms with Crippen molar-refractivity contribution in [1.82, 2.24) is 15.5 Å². The van der Waals surface area contributed by atoms with Gasteiger partial charge in [0.25, 0.3) is 5.91 Å². The first kappa shape index (κ1) is 16.4. The number of hydrogen-bond donors (Lipinski definition) is 2. The second kappa shape index (κ2) is 6.98. The van der Waals surface area contributed by atoms with Crippen LogP contribution in [0.15, 0.2) is 24.3 Å². The molecule has 0 bridgehead atoms. The zero-order valence-electron chi connectivity index (χ0n) is 13.3. The zero-order chi connectivity index (χ0) is 17.1. The number of imide groups is 1. The Bertz CT molecular complexity index is 656. The summed E-state index contributed by atoms with van der Waals surface area (Å²) in [5, 5.41) is 4.56. The third kappa shape index (κ3) is 3.90. The second-order valence-corrected chi connectivity index (χ2v) is 6.38. The van der Waals surface area contributed by atoms with Crippen molar-refractivity contribution in [2.24, 2.45) is 5.92 Å². The van der Waals surface area contributed by atoms with E-state index in [2.05, 4.69) is 10.6 Å². The Kier molecular flexibility index (Phi) is 4.78. The molecule has 3 rings (SSSR count). The average Bonchev–Trinajstić information content (AvgIpc) is 2.85. The largest absolute Gasteiger partial charge is 0.343 e. The molecule has 0 aromatic heterocycles. The fourth-order valence-electron chi connectivity index (χ4n) is 3.29. The second-order valence-electron chi connectivity index (χ2n) is 6.38. The van der Waals surface area contributed by atoms with Gasteiger partial charge in [0.1, 0.15) is 11.9 Å². The van der Waals surface area contributed by atoms with Gasteiger partial charge >= 0.3 is 6.03 Å². The monoisotopic (exact) mass is 333 g/mol. The topological polar surface area (TPSA) is 78.5 Å². The maximum atomic E-state index is 13.2. The molecule has 24 heavy (non-hydrogen) atoms. The van der Waals surface area contributed by atoms with Gasteiger partial charge in [0.05, 0.1) is 6.42 Å². The van der Waals surface area contributed by atoms with Gasteiger partial charge in [-0.1, -0.05) is 12.1 Å². The summed E-state index contributed by atoms with van der Waals surface area (Å²) < 4.78 is 13.2. The third-order valence-corrected chi connectivity index (χ3v) is 4.62. The lowest BCUT2D eigenvalue weighted by molar-refractivity contribution is -0.135. The number of piperidine rings is 1. The van der Waals surface area contributed by atoms with Crippen LogP contribution in [-0.4, -0.2) is 41.9 Å². The summed E-state index contributed by atoms with van der Waals surface area (Å²) in [4.78, 5) is 36.6. The standard InChI is InChI=1S/C17H20FN3O3/c18-13-3-1-2-12(9-13)8-11-4-6-21(7-5-11)15(22)10-14-16(23)20-17(24)19-14/h1-3,9,11,14H,4-8,10H2,(H2,19,20,23,24)/t14-/m0/s1. The van der Waals surface area contributed by atoms with Crippen LogP contribution in [0, 0.1) is 11.7 Å². The molecule has 0 aliphatic carbocycles. The fourth-order valence-corrected chi connectivity index (χ4v) is 3.29. The molecular weight excluding hydrogens is 313 g/mol. The summed E-state index contributed by atoms with van der Waals surface area (Å²) in [5.74, 6) is -0.377. The van der Waals surface area contributed by atoms with Gasteiger partial charge in [-0.25, -0.2) is 9.18 Å². The van der Waals surface area contributed by atoms with Gasteiger partial charge in [-0.05, 0) is 42.9 Å². The summed E-state index contributed by atoms with van der Waals surface area (Å²) >= 11 is 0. The third-order valence-electron chi connectivity index (χ3n) is 4.62. The van der Waals surface area contributed by atoms with Gasteiger partial charge in [-0.3, -0.25) is 14.9 Å². The summed E-state index contributed by atoms with van der Waals surface area (Å²) in [7, 11) is 0. The van der Waals surface area contributed by atoms with E-state index < -0.39 is 18.0 Å². The molecule has 1 aromatic rings. The quantitative estimate of drug-likeness (QED) is 0.813. The highest BCUT2D eigenvalue weighted by Crippen LogP contribution is 2.22. The molecule has 128 valence electrons. The summed E-state index contributed by atoms with van der Waals surface area (Å²) in [6.07, 6.45) is 2.50. The number of nitrogens with zero attached hydrogens (tertiary/aromatic N) is 1. The lowest BCUT2D eigenvalue weighted by atomic mass is 9.90. The van der Waals surface area contributed by atoms with Gasteiger partial charge in [0, 0.05) is 13.1 Å². The summed E-state index contributed by atoms with van der Waals surface area (Å²) in [6, 6.07) is 5.30. The SMILES string of the molecule is O=C1NC(=O)[C@H](CC(=O)N2CCC(Cc3cccc(F)c3)CC2)N1. The van der Waals surface area contributed by atoms with E-state index in [-0.39, 0.29) is 18.1 Å². The highest BCUT2D eigenvalue weighted by atomic mass is 19.1. The molecule has 0 saturated carbocycles. The van der Waals surface area contributed by atoms with E-state index in [1.807, 2.05) is 6.07 Å². The average molecular weight is 333 g/mol. The highest BCUT2D eigenvalue weighted by Gasteiger charge is 2.33. The van der Waals surface area contributed by atoms with E-state index in [1.54, 1.807) is 17.0 Å². The molecule has 1 atom stereocenters. The van der Waals surface area contributed by atoms with Crippen LogP contribution in [-0.2, 0) is 16.0 Å². The number of rotatable bonds is 4. The van der Waals surface area contributed by atoms with Crippen LogP contribution in [0.2, 0.25) is 0 Å². The van der Waals surface area contributed by atoms with Crippen molar-refractivity contribution in [2.45, 2.75) is 31.7 Å². The number of amides is 4. The fraction of sp³-hybridized carbons (Fsp3) is 0.471. The number of nitrogens with one attached hydrogen (secondary N) is 2. The van der Waals surface area contributed by atoms with E-state index in [0.717, 1.165) is 24.8 Å². The zero-order valence-corrected chi connectivity index (χ0v) is 13.3. The van der Waals surface area contributed by atoms with Crippen LogP contribution >= 0.6 is 0 Å². The number of carbonyl (C=O) groups is 3. The van der Waals surface area contributed by atoms with Crippen molar-refractivity contribution in [3.05, 3.63) is 35.6 Å². The van der Waals surface area contributed by atoms with E-state index in [0.29, 0.717) is 19.0 Å². The smallest absolute Gasteiger partial charge is 0.322 e. The molecule has 2 saturated heterocycles. The minimum absolute atomic E-state index is 0.00780. The predicted octanol–water partition coefficient (Wildman–Crippen LogP) is 1.20. The van der Waals surface area contributed by atoms with E-state index in [1.165, 1.54) is 6.07 Å². The van der Waals surface area contributed by atoms with Gasteiger partial charge in [-0.2, -0.15) is 0 Å². The number of carbonyl (C=O) groups excluding carboxylic acids is 3. The normalized spacial score (nSPS) is 21.5. The maximum absolute atomic E-state index is 13.2. The molecule has 0 unspecified atom stereocenters. The molecule has 2 N–H and O–H groups in total. The van der Waals surface area contributed by atoms with Gasteiger partial charge < -0.3 is 10.2 Å². The van der Waals surface area contributed by atoms with Gasteiger partial charge in [0.15, 0.2) is 0 Å². The van der Waals surface area contributed by atoms with Crippen LogP contribution < -0.4 is 10.6 Å². The van der Waals surface area contributed by atoms with Crippen LogP contribution in [0.4, 0.5) is 9.18 Å². The Morgan fingerprint density at radius 1 is 1.25 bits per heavy atom. The number of benzene rings is 1. The van der Waals surface area contributed by atoms with Crippen molar-refractivity contribution < 1.29 is 18.8 Å². The van der Waals surface area contributed by atoms with Crippen LogP contribution in [0.3, 0.4) is 0 Å². The molecule has 2 aliphatic rings. The molecule has 7 heteroatoms. The number of urea groups is 1. The van der Waals surface area contributed by atoms with Gasteiger partial charge in [-0.15, -0.1) is 0 Å².